The number of nitrogens with two attached hydrogens (primary N) is 1. The van der Waals surface area contributed by atoms with Gasteiger partial charge in [0.25, 0.3) is 0 Å². The van der Waals surface area contributed by atoms with E-state index < -0.39 is 12.2 Å². The van der Waals surface area contributed by atoms with Crippen molar-refractivity contribution in [1.82, 2.24) is 10.6 Å². The van der Waals surface area contributed by atoms with Crippen molar-refractivity contribution in [1.29, 1.82) is 0 Å². The van der Waals surface area contributed by atoms with Crippen LogP contribution in [-0.2, 0) is 27.4 Å². The van der Waals surface area contributed by atoms with Gasteiger partial charge in [0.05, 0.1) is 0 Å². The number of halogens is 1. The molecule has 1 fully saturated rings. The molecular formula is C33H46BrN3O5. The molecule has 0 heterocycles. The highest BCUT2D eigenvalue weighted by Gasteiger charge is 2.29. The Balaban J connectivity index is 1.54. The van der Waals surface area contributed by atoms with Crippen LogP contribution in [0.4, 0.5) is 4.79 Å². The molecule has 42 heavy (non-hydrogen) atoms. The number of unbranched alkanes of at least 4 members (excludes halogenated alkanes) is 5. The maximum Gasteiger partial charge on any atom is 0.514 e. The van der Waals surface area contributed by atoms with Crippen molar-refractivity contribution in [3.05, 3.63) is 64.1 Å². The molecule has 2 aromatic rings. The van der Waals surface area contributed by atoms with Gasteiger partial charge < -0.3 is 25.8 Å². The third-order valence-electron chi connectivity index (χ3n) is 7.88. The molecule has 9 heteroatoms. The summed E-state index contributed by atoms with van der Waals surface area (Å²) in [5, 5.41) is 6.06. The van der Waals surface area contributed by atoms with E-state index in [0.29, 0.717) is 31.2 Å². The molecule has 1 aliphatic carbocycles. The SMILES string of the molecule is CCCCCCCCNC(=O)[C@H](Cc1ccc(OC(=O)OCc2ccccc2Br)cc1)NC(=O)C1CCC(CN)CC1. The number of amides is 2. The van der Waals surface area contributed by atoms with Gasteiger partial charge in [-0.15, -0.1) is 0 Å². The lowest BCUT2D eigenvalue weighted by Gasteiger charge is -2.28. The van der Waals surface area contributed by atoms with Crippen molar-refractivity contribution in [2.75, 3.05) is 13.1 Å². The van der Waals surface area contributed by atoms with Gasteiger partial charge in [0.15, 0.2) is 0 Å². The minimum Gasteiger partial charge on any atom is -0.429 e. The Morgan fingerprint density at radius 3 is 2.33 bits per heavy atom. The number of carbonyl (C=O) groups excluding carboxylic acids is 3. The highest BCUT2D eigenvalue weighted by molar-refractivity contribution is 9.10. The predicted molar refractivity (Wildman–Crippen MR) is 168 cm³/mol. The minimum atomic E-state index is -0.804. The van der Waals surface area contributed by atoms with Gasteiger partial charge in [0.1, 0.15) is 18.4 Å². The van der Waals surface area contributed by atoms with Crippen molar-refractivity contribution in [2.45, 2.75) is 90.2 Å². The standard InChI is InChI=1S/C33H46BrN3O5/c1-2-3-4-5-6-9-20-36-32(39)30(37-31(38)26-16-12-25(22-35)13-17-26)21-24-14-18-28(19-15-24)42-33(40)41-23-27-10-7-8-11-29(27)34/h7-8,10-11,14-15,18-19,25-26,30H,2-6,9,12-13,16-17,20-23,35H2,1H3,(H,36,39)(H,37,38)/t25?,26?,30-/m0/s1. The van der Waals surface area contributed by atoms with E-state index in [1.807, 2.05) is 24.3 Å². The topological polar surface area (TPSA) is 120 Å². The van der Waals surface area contributed by atoms with Gasteiger partial charge in [0, 0.05) is 28.9 Å². The zero-order valence-corrected chi connectivity index (χ0v) is 26.3. The smallest absolute Gasteiger partial charge is 0.429 e. The highest BCUT2D eigenvalue weighted by atomic mass is 79.9. The van der Waals surface area contributed by atoms with Gasteiger partial charge in [-0.2, -0.15) is 0 Å². The van der Waals surface area contributed by atoms with Crippen LogP contribution in [0.5, 0.6) is 5.75 Å². The van der Waals surface area contributed by atoms with Crippen molar-refractivity contribution < 1.29 is 23.9 Å². The summed E-state index contributed by atoms with van der Waals surface area (Å²) in [5.74, 6) is 0.464. The summed E-state index contributed by atoms with van der Waals surface area (Å²) < 4.78 is 11.4. The van der Waals surface area contributed by atoms with E-state index in [1.165, 1.54) is 25.7 Å². The Labute approximate surface area is 258 Å². The molecule has 0 unspecified atom stereocenters. The van der Waals surface area contributed by atoms with Crippen LogP contribution in [0.25, 0.3) is 0 Å². The first-order valence-electron chi connectivity index (χ1n) is 15.3. The van der Waals surface area contributed by atoms with Crippen molar-refractivity contribution in [3.8, 4) is 5.75 Å². The Bertz CT molecular complexity index is 1120. The van der Waals surface area contributed by atoms with E-state index in [0.717, 1.165) is 54.1 Å². The van der Waals surface area contributed by atoms with E-state index in [4.69, 9.17) is 15.2 Å². The van der Waals surface area contributed by atoms with Crippen molar-refractivity contribution >= 4 is 33.9 Å². The van der Waals surface area contributed by atoms with Crippen LogP contribution < -0.4 is 21.1 Å². The van der Waals surface area contributed by atoms with Crippen LogP contribution >= 0.6 is 15.9 Å². The lowest BCUT2D eigenvalue weighted by Crippen LogP contribution is -2.50. The molecule has 0 bridgehead atoms. The van der Waals surface area contributed by atoms with Gasteiger partial charge in [-0.25, -0.2) is 4.79 Å². The summed E-state index contributed by atoms with van der Waals surface area (Å²) in [4.78, 5) is 38.5. The molecule has 0 saturated heterocycles. The molecule has 0 aromatic heterocycles. The van der Waals surface area contributed by atoms with Crippen LogP contribution in [0.3, 0.4) is 0 Å². The molecule has 2 aromatic carbocycles. The number of ether oxygens (including phenoxy) is 2. The molecule has 4 N–H and O–H groups in total. The summed E-state index contributed by atoms with van der Waals surface area (Å²) in [6.07, 6.45) is 9.83. The first-order chi connectivity index (χ1) is 20.4. The third-order valence-corrected chi connectivity index (χ3v) is 8.65. The van der Waals surface area contributed by atoms with Gasteiger partial charge in [-0.1, -0.05) is 85.3 Å². The van der Waals surface area contributed by atoms with E-state index in [9.17, 15) is 14.4 Å². The van der Waals surface area contributed by atoms with Crippen LogP contribution in [0.15, 0.2) is 53.0 Å². The first-order valence-corrected chi connectivity index (χ1v) is 16.1. The molecule has 0 aliphatic heterocycles. The Morgan fingerprint density at radius 2 is 1.64 bits per heavy atom. The molecule has 3 rings (SSSR count). The molecule has 1 atom stereocenters. The second kappa shape index (κ2) is 18.6. The largest absolute Gasteiger partial charge is 0.514 e. The van der Waals surface area contributed by atoms with Crippen LogP contribution in [-0.4, -0.2) is 37.1 Å². The maximum atomic E-state index is 13.2. The summed E-state index contributed by atoms with van der Waals surface area (Å²) in [6.45, 7) is 3.52. The number of hydrogen-bond acceptors (Lipinski definition) is 6. The fourth-order valence-corrected chi connectivity index (χ4v) is 5.61. The normalized spacial score (nSPS) is 17.2. The van der Waals surface area contributed by atoms with Crippen molar-refractivity contribution in [3.63, 3.8) is 0 Å². The highest BCUT2D eigenvalue weighted by Crippen LogP contribution is 2.28. The van der Waals surface area contributed by atoms with Crippen LogP contribution in [0.1, 0.15) is 82.3 Å². The lowest BCUT2D eigenvalue weighted by molar-refractivity contribution is -0.131. The van der Waals surface area contributed by atoms with Gasteiger partial charge >= 0.3 is 6.16 Å². The second-order valence-corrected chi connectivity index (χ2v) is 12.0. The fraction of sp³-hybridized carbons (Fsp3) is 0.545. The average Bonchev–Trinajstić information content (AvgIpc) is 3.00. The monoisotopic (exact) mass is 643 g/mol. The first kappa shape index (κ1) is 33.6. The molecular weight excluding hydrogens is 598 g/mol. The zero-order chi connectivity index (χ0) is 30.2. The van der Waals surface area contributed by atoms with Gasteiger partial charge in [0.2, 0.25) is 11.8 Å². The van der Waals surface area contributed by atoms with Crippen LogP contribution in [0.2, 0.25) is 0 Å². The Morgan fingerprint density at radius 1 is 0.952 bits per heavy atom. The van der Waals surface area contributed by atoms with E-state index in [-0.39, 0.29) is 24.3 Å². The molecule has 1 aliphatic rings. The van der Waals surface area contributed by atoms with E-state index in [1.54, 1.807) is 24.3 Å². The fourth-order valence-electron chi connectivity index (χ4n) is 5.21. The summed E-state index contributed by atoms with van der Waals surface area (Å²) in [7, 11) is 0. The van der Waals surface area contributed by atoms with E-state index >= 15 is 0 Å². The predicted octanol–water partition coefficient (Wildman–Crippen LogP) is 6.43. The summed E-state index contributed by atoms with van der Waals surface area (Å²) in [6, 6.07) is 13.7. The number of nitrogens with one attached hydrogen (secondary N) is 2. The Hall–Kier alpha value is -2.91. The number of benzene rings is 2. The van der Waals surface area contributed by atoms with E-state index in [2.05, 4.69) is 33.5 Å². The van der Waals surface area contributed by atoms with Gasteiger partial charge in [-0.3, -0.25) is 9.59 Å². The summed E-state index contributed by atoms with van der Waals surface area (Å²) in [5.41, 5.74) is 7.49. The lowest BCUT2D eigenvalue weighted by atomic mass is 9.81. The molecule has 0 spiro atoms. The molecule has 230 valence electrons. The quantitative estimate of drug-likeness (QED) is 0.110. The van der Waals surface area contributed by atoms with Gasteiger partial charge in [-0.05, 0) is 68.3 Å². The maximum absolute atomic E-state index is 13.2. The Kier molecular flexibility index (Phi) is 14.9. The molecule has 8 nitrogen and oxygen atoms in total. The number of carbonyl (C=O) groups is 3. The number of rotatable bonds is 16. The number of hydrogen-bond donors (Lipinski definition) is 3. The van der Waals surface area contributed by atoms with Crippen LogP contribution in [0, 0.1) is 11.8 Å². The second-order valence-electron chi connectivity index (χ2n) is 11.2. The zero-order valence-electron chi connectivity index (χ0n) is 24.7. The molecule has 2 amide bonds. The minimum absolute atomic E-state index is 0.0714. The third kappa shape index (κ3) is 11.8. The molecule has 1 saturated carbocycles. The summed E-state index contributed by atoms with van der Waals surface area (Å²) >= 11 is 3.43. The molecule has 0 radical (unpaired) electrons. The average molecular weight is 645 g/mol. The van der Waals surface area contributed by atoms with Crippen molar-refractivity contribution in [2.24, 2.45) is 17.6 Å².